The van der Waals surface area contributed by atoms with E-state index in [4.69, 9.17) is 11.6 Å². The number of carbonyl (C=O) groups is 2. The number of nitrogens with one attached hydrogen (secondary N) is 2. The largest absolute Gasteiger partial charge is 0.348 e. The highest BCUT2D eigenvalue weighted by atomic mass is 35.5. The summed E-state index contributed by atoms with van der Waals surface area (Å²) >= 11 is 5.92. The summed E-state index contributed by atoms with van der Waals surface area (Å²) < 4.78 is 0. The van der Waals surface area contributed by atoms with Crippen LogP contribution in [0.3, 0.4) is 0 Å². The lowest BCUT2D eigenvalue weighted by atomic mass is 10.1. The van der Waals surface area contributed by atoms with Crippen molar-refractivity contribution in [3.8, 4) is 0 Å². The molecule has 3 rings (SSSR count). The van der Waals surface area contributed by atoms with Crippen LogP contribution in [0.4, 0.5) is 5.69 Å². The van der Waals surface area contributed by atoms with E-state index in [2.05, 4.69) is 10.6 Å². The summed E-state index contributed by atoms with van der Waals surface area (Å²) in [7, 11) is 0. The Hall–Kier alpha value is -2.33. The Morgan fingerprint density at radius 1 is 1.09 bits per heavy atom. The molecule has 1 fully saturated rings. The third-order valence-corrected chi connectivity index (χ3v) is 3.94. The van der Waals surface area contributed by atoms with Crippen LogP contribution >= 0.6 is 11.6 Å². The fourth-order valence-electron chi connectivity index (χ4n) is 2.23. The maximum Gasteiger partial charge on any atom is 0.251 e. The van der Waals surface area contributed by atoms with Crippen LogP contribution in [0.2, 0.25) is 5.02 Å². The highest BCUT2D eigenvalue weighted by Crippen LogP contribution is 2.30. The number of rotatable bonds is 5. The van der Waals surface area contributed by atoms with Crippen LogP contribution < -0.4 is 10.6 Å². The first-order valence-electron chi connectivity index (χ1n) is 7.55. The van der Waals surface area contributed by atoms with E-state index in [1.54, 1.807) is 30.3 Å². The van der Waals surface area contributed by atoms with E-state index in [0.717, 1.165) is 18.4 Å². The van der Waals surface area contributed by atoms with Crippen LogP contribution in [-0.2, 0) is 11.3 Å². The van der Waals surface area contributed by atoms with Gasteiger partial charge in [-0.25, -0.2) is 0 Å². The zero-order valence-electron chi connectivity index (χ0n) is 12.5. The molecule has 4 nitrogen and oxygen atoms in total. The minimum Gasteiger partial charge on any atom is -0.348 e. The summed E-state index contributed by atoms with van der Waals surface area (Å²) in [6, 6.07) is 14.3. The predicted octanol–water partition coefficient (Wildman–Crippen LogP) is 3.62. The number of amides is 2. The molecule has 0 bridgehead atoms. The summed E-state index contributed by atoms with van der Waals surface area (Å²) in [5.41, 5.74) is 2.21. The van der Waals surface area contributed by atoms with Crippen molar-refractivity contribution >= 4 is 29.1 Å². The van der Waals surface area contributed by atoms with Gasteiger partial charge in [0, 0.05) is 28.7 Å². The van der Waals surface area contributed by atoms with Crippen molar-refractivity contribution < 1.29 is 9.59 Å². The quantitative estimate of drug-likeness (QED) is 0.880. The summed E-state index contributed by atoms with van der Waals surface area (Å²) in [5, 5.41) is 6.34. The predicted molar refractivity (Wildman–Crippen MR) is 90.4 cm³/mol. The fourth-order valence-corrected chi connectivity index (χ4v) is 2.44. The standard InChI is InChI=1S/C18H17ClN2O2/c19-15-3-1-2-12(10-15)11-20-17(22)13-6-8-16(9-7-13)21-18(23)14-4-5-14/h1-3,6-10,14H,4-5,11H2,(H,20,22)(H,21,23). The van der Waals surface area contributed by atoms with Gasteiger partial charge in [0.25, 0.3) is 5.91 Å². The molecule has 5 heteroatoms. The van der Waals surface area contributed by atoms with Gasteiger partial charge in [0.05, 0.1) is 0 Å². The van der Waals surface area contributed by atoms with Crippen LogP contribution in [0.1, 0.15) is 28.8 Å². The van der Waals surface area contributed by atoms with Gasteiger partial charge >= 0.3 is 0 Å². The van der Waals surface area contributed by atoms with Crippen LogP contribution in [0.15, 0.2) is 48.5 Å². The van der Waals surface area contributed by atoms with Gasteiger partial charge in [-0.2, -0.15) is 0 Å². The lowest BCUT2D eigenvalue weighted by Crippen LogP contribution is -2.22. The molecule has 0 saturated heterocycles. The molecule has 0 atom stereocenters. The van der Waals surface area contributed by atoms with E-state index < -0.39 is 0 Å². The minimum atomic E-state index is -0.162. The monoisotopic (exact) mass is 328 g/mol. The van der Waals surface area contributed by atoms with Gasteiger partial charge in [-0.1, -0.05) is 23.7 Å². The molecule has 2 aromatic carbocycles. The second kappa shape index (κ2) is 6.84. The van der Waals surface area contributed by atoms with Crippen molar-refractivity contribution in [2.45, 2.75) is 19.4 Å². The second-order valence-electron chi connectivity index (χ2n) is 5.65. The maximum atomic E-state index is 12.1. The number of carbonyl (C=O) groups excluding carboxylic acids is 2. The zero-order valence-corrected chi connectivity index (χ0v) is 13.3. The third-order valence-electron chi connectivity index (χ3n) is 3.70. The fraction of sp³-hybridized carbons (Fsp3) is 0.222. The number of anilines is 1. The topological polar surface area (TPSA) is 58.2 Å². The molecule has 2 aromatic rings. The van der Waals surface area contributed by atoms with Crippen molar-refractivity contribution in [1.82, 2.24) is 5.32 Å². The van der Waals surface area contributed by atoms with Gasteiger partial charge in [0.15, 0.2) is 0 Å². The summed E-state index contributed by atoms with van der Waals surface area (Å²) in [5.74, 6) is 0.0591. The zero-order chi connectivity index (χ0) is 16.2. The van der Waals surface area contributed by atoms with E-state index >= 15 is 0 Å². The smallest absolute Gasteiger partial charge is 0.251 e. The van der Waals surface area contributed by atoms with Crippen molar-refractivity contribution in [3.05, 3.63) is 64.7 Å². The Morgan fingerprint density at radius 3 is 2.48 bits per heavy atom. The van der Waals surface area contributed by atoms with Gasteiger partial charge in [0.1, 0.15) is 0 Å². The van der Waals surface area contributed by atoms with E-state index in [0.29, 0.717) is 22.8 Å². The first kappa shape index (κ1) is 15.6. The molecule has 1 saturated carbocycles. The molecule has 0 radical (unpaired) electrons. The molecule has 23 heavy (non-hydrogen) atoms. The van der Waals surface area contributed by atoms with Crippen LogP contribution in [-0.4, -0.2) is 11.8 Å². The Kier molecular flexibility index (Phi) is 4.63. The molecule has 0 aromatic heterocycles. The number of hydrogen-bond donors (Lipinski definition) is 2. The number of halogens is 1. The average molecular weight is 329 g/mol. The molecule has 2 amide bonds. The lowest BCUT2D eigenvalue weighted by Gasteiger charge is -2.08. The highest BCUT2D eigenvalue weighted by Gasteiger charge is 2.29. The van der Waals surface area contributed by atoms with Gasteiger partial charge in [-0.05, 0) is 54.8 Å². The van der Waals surface area contributed by atoms with E-state index in [9.17, 15) is 9.59 Å². The van der Waals surface area contributed by atoms with E-state index in [-0.39, 0.29) is 17.7 Å². The molecule has 0 aliphatic heterocycles. The molecular weight excluding hydrogens is 312 g/mol. The normalized spacial score (nSPS) is 13.4. The molecular formula is C18H17ClN2O2. The van der Waals surface area contributed by atoms with Crippen LogP contribution in [0, 0.1) is 5.92 Å². The van der Waals surface area contributed by atoms with Crippen LogP contribution in [0.25, 0.3) is 0 Å². The Balaban J connectivity index is 1.55. The SMILES string of the molecule is O=C(NCc1cccc(Cl)c1)c1ccc(NC(=O)C2CC2)cc1. The molecule has 2 N–H and O–H groups in total. The third kappa shape index (κ3) is 4.33. The van der Waals surface area contributed by atoms with Crippen LogP contribution in [0.5, 0.6) is 0 Å². The average Bonchev–Trinajstić information content (AvgIpc) is 3.38. The molecule has 0 unspecified atom stereocenters. The highest BCUT2D eigenvalue weighted by molar-refractivity contribution is 6.30. The van der Waals surface area contributed by atoms with Gasteiger partial charge < -0.3 is 10.6 Å². The van der Waals surface area contributed by atoms with Gasteiger partial charge in [-0.3, -0.25) is 9.59 Å². The number of benzene rings is 2. The van der Waals surface area contributed by atoms with Gasteiger partial charge in [0.2, 0.25) is 5.91 Å². The Labute approximate surface area is 139 Å². The molecule has 1 aliphatic rings. The van der Waals surface area contributed by atoms with Crippen molar-refractivity contribution in [2.75, 3.05) is 5.32 Å². The van der Waals surface area contributed by atoms with E-state index in [1.807, 2.05) is 18.2 Å². The van der Waals surface area contributed by atoms with Gasteiger partial charge in [-0.15, -0.1) is 0 Å². The second-order valence-corrected chi connectivity index (χ2v) is 6.09. The van der Waals surface area contributed by atoms with Crippen molar-refractivity contribution in [2.24, 2.45) is 5.92 Å². The molecule has 0 heterocycles. The summed E-state index contributed by atoms with van der Waals surface area (Å²) in [4.78, 5) is 23.8. The summed E-state index contributed by atoms with van der Waals surface area (Å²) in [6.07, 6.45) is 1.94. The number of hydrogen-bond acceptors (Lipinski definition) is 2. The molecule has 118 valence electrons. The minimum absolute atomic E-state index is 0.0585. The van der Waals surface area contributed by atoms with E-state index in [1.165, 1.54) is 0 Å². The molecule has 0 spiro atoms. The van der Waals surface area contributed by atoms with Crippen molar-refractivity contribution in [1.29, 1.82) is 0 Å². The Morgan fingerprint density at radius 2 is 1.83 bits per heavy atom. The lowest BCUT2D eigenvalue weighted by molar-refractivity contribution is -0.117. The maximum absolute atomic E-state index is 12.1. The summed E-state index contributed by atoms with van der Waals surface area (Å²) in [6.45, 7) is 0.416. The first-order chi connectivity index (χ1) is 11.1. The van der Waals surface area contributed by atoms with Crippen molar-refractivity contribution in [3.63, 3.8) is 0 Å². The Bertz CT molecular complexity index is 724. The first-order valence-corrected chi connectivity index (χ1v) is 7.93. The molecule has 1 aliphatic carbocycles.